The standard InChI is InChI=1S/C13H15BrFNO3/c1-8(13(18)19-3)7-16(2)12(17)9-5-4-6-10(14)11(9)15/h4-6,8H,7H2,1-3H3. The van der Waals surface area contributed by atoms with Crippen LogP contribution in [-0.2, 0) is 9.53 Å². The van der Waals surface area contributed by atoms with Crippen molar-refractivity contribution in [1.82, 2.24) is 4.90 Å². The number of methoxy groups -OCH3 is 1. The number of halogens is 2. The van der Waals surface area contributed by atoms with E-state index in [0.717, 1.165) is 0 Å². The van der Waals surface area contributed by atoms with Crippen LogP contribution in [0.1, 0.15) is 17.3 Å². The van der Waals surface area contributed by atoms with E-state index in [1.807, 2.05) is 0 Å². The largest absolute Gasteiger partial charge is 0.469 e. The number of hydrogen-bond acceptors (Lipinski definition) is 3. The van der Waals surface area contributed by atoms with E-state index in [0.29, 0.717) is 0 Å². The molecule has 1 amide bonds. The maximum Gasteiger partial charge on any atom is 0.310 e. The Morgan fingerprint density at radius 3 is 2.68 bits per heavy atom. The molecule has 0 saturated carbocycles. The number of esters is 1. The summed E-state index contributed by atoms with van der Waals surface area (Å²) in [5.74, 6) is -1.96. The second-order valence-corrected chi connectivity index (χ2v) is 5.07. The van der Waals surface area contributed by atoms with E-state index < -0.39 is 23.6 Å². The first-order chi connectivity index (χ1) is 8.88. The van der Waals surface area contributed by atoms with Crippen LogP contribution in [0.5, 0.6) is 0 Å². The fourth-order valence-electron chi connectivity index (χ4n) is 1.64. The molecule has 6 heteroatoms. The van der Waals surface area contributed by atoms with Crippen molar-refractivity contribution in [2.24, 2.45) is 5.92 Å². The zero-order chi connectivity index (χ0) is 14.6. The number of ether oxygens (including phenoxy) is 1. The monoisotopic (exact) mass is 331 g/mol. The summed E-state index contributed by atoms with van der Waals surface area (Å²) in [7, 11) is 2.80. The lowest BCUT2D eigenvalue weighted by Crippen LogP contribution is -2.34. The van der Waals surface area contributed by atoms with E-state index in [1.54, 1.807) is 13.0 Å². The minimum Gasteiger partial charge on any atom is -0.469 e. The molecule has 1 rings (SSSR count). The number of hydrogen-bond donors (Lipinski definition) is 0. The fourth-order valence-corrected chi connectivity index (χ4v) is 2.01. The Labute approximate surface area is 119 Å². The molecule has 1 unspecified atom stereocenters. The third kappa shape index (κ3) is 3.76. The highest BCUT2D eigenvalue weighted by molar-refractivity contribution is 9.10. The van der Waals surface area contributed by atoms with Gasteiger partial charge in [-0.05, 0) is 28.1 Å². The van der Waals surface area contributed by atoms with E-state index in [-0.39, 0.29) is 16.6 Å². The molecule has 0 fully saturated rings. The Bertz CT molecular complexity index is 493. The molecule has 0 saturated heterocycles. The molecule has 0 N–H and O–H groups in total. The lowest BCUT2D eigenvalue weighted by atomic mass is 10.1. The van der Waals surface area contributed by atoms with Gasteiger partial charge in [-0.15, -0.1) is 0 Å². The molecule has 0 aliphatic rings. The first-order valence-electron chi connectivity index (χ1n) is 5.65. The van der Waals surface area contributed by atoms with Crippen molar-refractivity contribution >= 4 is 27.8 Å². The summed E-state index contributed by atoms with van der Waals surface area (Å²) in [4.78, 5) is 24.7. The summed E-state index contributed by atoms with van der Waals surface area (Å²) >= 11 is 3.03. The zero-order valence-corrected chi connectivity index (χ0v) is 12.5. The zero-order valence-electron chi connectivity index (χ0n) is 10.9. The maximum atomic E-state index is 13.8. The molecule has 1 aromatic carbocycles. The van der Waals surface area contributed by atoms with Crippen molar-refractivity contribution < 1.29 is 18.7 Å². The van der Waals surface area contributed by atoms with Crippen LogP contribution in [0.15, 0.2) is 22.7 Å². The molecule has 1 atom stereocenters. The summed E-state index contributed by atoms with van der Waals surface area (Å²) < 4.78 is 18.6. The second-order valence-electron chi connectivity index (χ2n) is 4.21. The number of nitrogens with zero attached hydrogens (tertiary/aromatic N) is 1. The molecule has 0 heterocycles. The highest BCUT2D eigenvalue weighted by atomic mass is 79.9. The molecular weight excluding hydrogens is 317 g/mol. The number of benzene rings is 1. The van der Waals surface area contributed by atoms with Gasteiger partial charge in [0.1, 0.15) is 5.82 Å². The SMILES string of the molecule is COC(=O)C(C)CN(C)C(=O)c1cccc(Br)c1F. The summed E-state index contributed by atoms with van der Waals surface area (Å²) in [5.41, 5.74) is -0.0334. The van der Waals surface area contributed by atoms with Gasteiger partial charge in [0.2, 0.25) is 0 Å². The summed E-state index contributed by atoms with van der Waals surface area (Å²) in [5, 5.41) is 0. The predicted octanol–water partition coefficient (Wildman–Crippen LogP) is 2.47. The van der Waals surface area contributed by atoms with Crippen LogP contribution in [0.2, 0.25) is 0 Å². The van der Waals surface area contributed by atoms with E-state index in [2.05, 4.69) is 20.7 Å². The van der Waals surface area contributed by atoms with Crippen molar-refractivity contribution in [1.29, 1.82) is 0 Å². The van der Waals surface area contributed by atoms with E-state index >= 15 is 0 Å². The average Bonchev–Trinajstić information content (AvgIpc) is 2.39. The number of amides is 1. The second kappa shape index (κ2) is 6.65. The van der Waals surface area contributed by atoms with Crippen molar-refractivity contribution in [3.8, 4) is 0 Å². The first kappa shape index (κ1) is 15.6. The van der Waals surface area contributed by atoms with Gasteiger partial charge >= 0.3 is 5.97 Å². The van der Waals surface area contributed by atoms with Crippen molar-refractivity contribution in [2.75, 3.05) is 20.7 Å². The van der Waals surface area contributed by atoms with Gasteiger partial charge in [0.25, 0.3) is 5.91 Å². The Kier molecular flexibility index (Phi) is 5.47. The van der Waals surface area contributed by atoms with Crippen LogP contribution in [0.3, 0.4) is 0 Å². The van der Waals surface area contributed by atoms with Crippen LogP contribution in [0.4, 0.5) is 4.39 Å². The van der Waals surface area contributed by atoms with Crippen LogP contribution in [-0.4, -0.2) is 37.5 Å². The normalized spacial score (nSPS) is 11.8. The quantitative estimate of drug-likeness (QED) is 0.796. The molecule has 0 spiro atoms. The molecular formula is C13H15BrFNO3. The molecule has 0 radical (unpaired) electrons. The highest BCUT2D eigenvalue weighted by Crippen LogP contribution is 2.20. The van der Waals surface area contributed by atoms with E-state index in [1.165, 1.54) is 31.2 Å². The van der Waals surface area contributed by atoms with Crippen LogP contribution in [0, 0.1) is 11.7 Å². The lowest BCUT2D eigenvalue weighted by molar-refractivity contribution is -0.145. The molecule has 0 aliphatic heterocycles. The van der Waals surface area contributed by atoms with Gasteiger partial charge in [-0.25, -0.2) is 4.39 Å². The number of carbonyl (C=O) groups excluding carboxylic acids is 2. The van der Waals surface area contributed by atoms with Crippen molar-refractivity contribution in [3.05, 3.63) is 34.1 Å². The molecule has 4 nitrogen and oxygen atoms in total. The molecule has 19 heavy (non-hydrogen) atoms. The van der Waals surface area contributed by atoms with Gasteiger partial charge in [-0.1, -0.05) is 13.0 Å². The van der Waals surface area contributed by atoms with Gasteiger partial charge in [0.15, 0.2) is 0 Å². The Balaban J connectivity index is 2.83. The smallest absolute Gasteiger partial charge is 0.310 e. The maximum absolute atomic E-state index is 13.8. The van der Waals surface area contributed by atoms with Gasteiger partial charge in [0.05, 0.1) is 23.1 Å². The minimum absolute atomic E-state index is 0.0334. The molecule has 0 bridgehead atoms. The van der Waals surface area contributed by atoms with Gasteiger partial charge in [-0.2, -0.15) is 0 Å². The van der Waals surface area contributed by atoms with E-state index in [4.69, 9.17) is 0 Å². The third-order valence-corrected chi connectivity index (χ3v) is 3.29. The Morgan fingerprint density at radius 2 is 2.11 bits per heavy atom. The number of rotatable bonds is 4. The fraction of sp³-hybridized carbons (Fsp3) is 0.385. The summed E-state index contributed by atoms with van der Waals surface area (Å²) in [6, 6.07) is 4.50. The summed E-state index contributed by atoms with van der Waals surface area (Å²) in [6.07, 6.45) is 0. The predicted molar refractivity (Wildman–Crippen MR) is 72.2 cm³/mol. The molecule has 0 aromatic heterocycles. The Hall–Kier alpha value is -1.43. The lowest BCUT2D eigenvalue weighted by Gasteiger charge is -2.20. The van der Waals surface area contributed by atoms with Crippen molar-refractivity contribution in [2.45, 2.75) is 6.92 Å². The van der Waals surface area contributed by atoms with Gasteiger partial charge in [0, 0.05) is 13.6 Å². The third-order valence-electron chi connectivity index (χ3n) is 2.68. The van der Waals surface area contributed by atoms with E-state index in [9.17, 15) is 14.0 Å². The molecule has 0 aliphatic carbocycles. The molecule has 1 aromatic rings. The van der Waals surface area contributed by atoms with Crippen molar-refractivity contribution in [3.63, 3.8) is 0 Å². The first-order valence-corrected chi connectivity index (χ1v) is 6.45. The average molecular weight is 332 g/mol. The van der Waals surface area contributed by atoms with Crippen LogP contribution in [0.25, 0.3) is 0 Å². The highest BCUT2D eigenvalue weighted by Gasteiger charge is 2.22. The van der Waals surface area contributed by atoms with Gasteiger partial charge < -0.3 is 9.64 Å². The van der Waals surface area contributed by atoms with Gasteiger partial charge in [-0.3, -0.25) is 9.59 Å². The minimum atomic E-state index is -0.606. The summed E-state index contributed by atoms with van der Waals surface area (Å²) in [6.45, 7) is 1.81. The molecule has 104 valence electrons. The van der Waals surface area contributed by atoms with Crippen LogP contribution < -0.4 is 0 Å². The van der Waals surface area contributed by atoms with Crippen LogP contribution >= 0.6 is 15.9 Å². The topological polar surface area (TPSA) is 46.6 Å². The number of carbonyl (C=O) groups is 2. The Morgan fingerprint density at radius 1 is 1.47 bits per heavy atom.